The molecule has 2 aromatic carbocycles. The zero-order valence-corrected chi connectivity index (χ0v) is 15.5. The number of rotatable bonds is 3. The molecule has 0 saturated heterocycles. The van der Waals surface area contributed by atoms with E-state index in [0.29, 0.717) is 0 Å². The van der Waals surface area contributed by atoms with E-state index in [2.05, 4.69) is 87.2 Å². The maximum absolute atomic E-state index is 4.87. The number of nitrogens with zero attached hydrogens (tertiary/aromatic N) is 2. The van der Waals surface area contributed by atoms with Crippen molar-refractivity contribution in [1.29, 1.82) is 0 Å². The molecule has 112 valence electrons. The van der Waals surface area contributed by atoms with Crippen LogP contribution < -0.4 is 9.05 Å². The first-order valence-corrected chi connectivity index (χ1v) is 9.78. The molecule has 4 aromatic rings. The summed E-state index contributed by atoms with van der Waals surface area (Å²) in [4.78, 5) is 4.87. The van der Waals surface area contributed by atoms with Gasteiger partial charge >= 0.3 is 150 Å². The van der Waals surface area contributed by atoms with E-state index in [4.69, 9.17) is 4.98 Å². The summed E-state index contributed by atoms with van der Waals surface area (Å²) < 4.78 is 5.94. The Balaban J connectivity index is 1.87. The predicted molar refractivity (Wildman–Crippen MR) is 99.8 cm³/mol. The molecule has 0 saturated carbocycles. The molecular formula is C19H13BrN2Se. The van der Waals surface area contributed by atoms with Crippen molar-refractivity contribution < 1.29 is 0 Å². The van der Waals surface area contributed by atoms with Crippen LogP contribution in [0.3, 0.4) is 0 Å². The van der Waals surface area contributed by atoms with Crippen molar-refractivity contribution in [2.75, 3.05) is 0 Å². The van der Waals surface area contributed by atoms with Gasteiger partial charge < -0.3 is 0 Å². The molecule has 4 rings (SSSR count). The van der Waals surface area contributed by atoms with Gasteiger partial charge in [-0.1, -0.05) is 0 Å². The Kier molecular flexibility index (Phi) is 4.04. The number of benzene rings is 2. The number of halogens is 1. The van der Waals surface area contributed by atoms with Gasteiger partial charge in [0.2, 0.25) is 0 Å². The standard InChI is InChI=1S/C19H13BrN2Se/c20-15-9-11-16(12-10-15)23-19-18(14-6-2-1-3-7-14)21-17-8-4-5-13-22(17)19/h1-13H. The van der Waals surface area contributed by atoms with Crippen molar-refractivity contribution in [3.8, 4) is 11.3 Å². The van der Waals surface area contributed by atoms with Crippen LogP contribution in [-0.4, -0.2) is 24.3 Å². The molecular weight excluding hydrogens is 415 g/mol. The van der Waals surface area contributed by atoms with E-state index in [0.717, 1.165) is 15.8 Å². The minimum absolute atomic E-state index is 0.187. The fourth-order valence-electron chi connectivity index (χ4n) is 2.47. The van der Waals surface area contributed by atoms with Gasteiger partial charge in [0.25, 0.3) is 0 Å². The third-order valence-corrected chi connectivity index (χ3v) is 6.38. The molecule has 0 aliphatic carbocycles. The summed E-state index contributed by atoms with van der Waals surface area (Å²) in [5, 5.41) is 0. The molecule has 0 unspecified atom stereocenters. The van der Waals surface area contributed by atoms with E-state index in [1.807, 2.05) is 12.1 Å². The first kappa shape index (κ1) is 14.7. The van der Waals surface area contributed by atoms with Gasteiger partial charge in [0.1, 0.15) is 0 Å². The molecule has 0 atom stereocenters. The summed E-state index contributed by atoms with van der Waals surface area (Å²) in [6.07, 6.45) is 2.10. The second-order valence-electron chi connectivity index (χ2n) is 5.12. The topological polar surface area (TPSA) is 17.3 Å². The first-order valence-electron chi connectivity index (χ1n) is 7.27. The van der Waals surface area contributed by atoms with Gasteiger partial charge in [0, 0.05) is 0 Å². The van der Waals surface area contributed by atoms with Crippen LogP contribution in [0.5, 0.6) is 0 Å². The summed E-state index contributed by atoms with van der Waals surface area (Å²) in [6.45, 7) is 0. The van der Waals surface area contributed by atoms with Crippen LogP contribution in [0, 0.1) is 0 Å². The Hall–Kier alpha value is -1.87. The van der Waals surface area contributed by atoms with Gasteiger partial charge in [-0.2, -0.15) is 0 Å². The molecule has 0 amide bonds. The average Bonchev–Trinajstić information content (AvgIpc) is 2.96. The van der Waals surface area contributed by atoms with E-state index in [1.165, 1.54) is 14.6 Å². The van der Waals surface area contributed by atoms with Gasteiger partial charge in [-0.05, 0) is 0 Å². The Morgan fingerprint density at radius 1 is 0.826 bits per heavy atom. The van der Waals surface area contributed by atoms with Crippen molar-refractivity contribution in [1.82, 2.24) is 9.38 Å². The molecule has 0 fully saturated rings. The van der Waals surface area contributed by atoms with Crippen LogP contribution in [0.25, 0.3) is 16.9 Å². The molecule has 4 heteroatoms. The van der Waals surface area contributed by atoms with Crippen LogP contribution in [0.1, 0.15) is 0 Å². The van der Waals surface area contributed by atoms with Crippen LogP contribution in [0.15, 0.2) is 83.5 Å². The van der Waals surface area contributed by atoms with E-state index >= 15 is 0 Å². The quantitative estimate of drug-likeness (QED) is 0.458. The molecule has 23 heavy (non-hydrogen) atoms. The number of imidazole rings is 1. The number of aromatic nitrogens is 2. The number of hydrogen-bond acceptors (Lipinski definition) is 1. The summed E-state index contributed by atoms with van der Waals surface area (Å²) in [6, 6.07) is 25.1. The van der Waals surface area contributed by atoms with Gasteiger partial charge in [-0.3, -0.25) is 0 Å². The van der Waals surface area contributed by atoms with Crippen LogP contribution >= 0.6 is 15.9 Å². The molecule has 0 aliphatic rings. The first-order chi connectivity index (χ1) is 11.3. The molecule has 0 bridgehead atoms. The minimum atomic E-state index is 0.187. The van der Waals surface area contributed by atoms with E-state index in [-0.39, 0.29) is 15.0 Å². The fraction of sp³-hybridized carbons (Fsp3) is 0. The molecule has 2 heterocycles. The van der Waals surface area contributed by atoms with Crippen molar-refractivity contribution >= 4 is 45.6 Å². The van der Waals surface area contributed by atoms with Gasteiger partial charge in [-0.15, -0.1) is 0 Å². The Morgan fingerprint density at radius 3 is 2.35 bits per heavy atom. The average molecular weight is 428 g/mol. The fourth-order valence-corrected chi connectivity index (χ4v) is 4.85. The monoisotopic (exact) mass is 428 g/mol. The van der Waals surface area contributed by atoms with Gasteiger partial charge in [0.05, 0.1) is 0 Å². The third kappa shape index (κ3) is 2.98. The van der Waals surface area contributed by atoms with Crippen molar-refractivity contribution in [3.63, 3.8) is 0 Å². The van der Waals surface area contributed by atoms with E-state index in [1.54, 1.807) is 0 Å². The molecule has 0 radical (unpaired) electrons. The summed E-state index contributed by atoms with van der Waals surface area (Å²) in [5.74, 6) is 0. The summed E-state index contributed by atoms with van der Waals surface area (Å²) >= 11 is 3.69. The third-order valence-electron chi connectivity index (χ3n) is 3.56. The Labute approximate surface area is 149 Å². The second kappa shape index (κ2) is 6.32. The van der Waals surface area contributed by atoms with Crippen LogP contribution in [0.2, 0.25) is 0 Å². The van der Waals surface area contributed by atoms with E-state index in [9.17, 15) is 0 Å². The number of hydrogen-bond donors (Lipinski definition) is 0. The predicted octanol–water partition coefficient (Wildman–Crippen LogP) is 3.42. The number of pyridine rings is 1. The molecule has 0 aliphatic heterocycles. The normalized spacial score (nSPS) is 11.0. The summed E-state index contributed by atoms with van der Waals surface area (Å²) in [5.41, 5.74) is 3.25. The van der Waals surface area contributed by atoms with E-state index < -0.39 is 0 Å². The van der Waals surface area contributed by atoms with Crippen LogP contribution in [0.4, 0.5) is 0 Å². The van der Waals surface area contributed by atoms with Crippen LogP contribution in [-0.2, 0) is 0 Å². The number of fused-ring (bicyclic) bond motifs is 1. The second-order valence-corrected chi connectivity index (χ2v) is 8.26. The van der Waals surface area contributed by atoms with Crippen molar-refractivity contribution in [2.45, 2.75) is 0 Å². The molecule has 0 spiro atoms. The van der Waals surface area contributed by atoms with Crippen molar-refractivity contribution in [3.05, 3.63) is 83.5 Å². The molecule has 0 N–H and O–H groups in total. The SMILES string of the molecule is Brc1ccc([Se]c2c(-c3ccccc3)nc3ccccn23)cc1. The molecule has 2 aromatic heterocycles. The Bertz CT molecular complexity index is 946. The van der Waals surface area contributed by atoms with Gasteiger partial charge in [0.15, 0.2) is 0 Å². The summed E-state index contributed by atoms with van der Waals surface area (Å²) in [7, 11) is 0. The zero-order valence-electron chi connectivity index (χ0n) is 12.2. The maximum atomic E-state index is 4.87. The molecule has 2 nitrogen and oxygen atoms in total. The Morgan fingerprint density at radius 2 is 1.57 bits per heavy atom. The van der Waals surface area contributed by atoms with Gasteiger partial charge in [-0.25, -0.2) is 0 Å². The van der Waals surface area contributed by atoms with Crippen molar-refractivity contribution in [2.24, 2.45) is 0 Å². The zero-order chi connectivity index (χ0) is 15.6.